The van der Waals surface area contributed by atoms with Gasteiger partial charge in [0.2, 0.25) is 0 Å². The number of sulfonamides is 1. The van der Waals surface area contributed by atoms with Crippen molar-refractivity contribution in [3.63, 3.8) is 0 Å². The number of hydrogen-bond acceptors (Lipinski definition) is 4. The Bertz CT molecular complexity index is 1150. The van der Waals surface area contributed by atoms with E-state index in [-0.39, 0.29) is 4.90 Å². The number of para-hydroxylation sites is 1. The highest BCUT2D eigenvalue weighted by Gasteiger charge is 2.27. The van der Waals surface area contributed by atoms with E-state index in [9.17, 15) is 13.2 Å². The van der Waals surface area contributed by atoms with Crippen molar-refractivity contribution in [1.29, 1.82) is 0 Å². The zero-order valence-electron chi connectivity index (χ0n) is 16.2. The first-order valence-corrected chi connectivity index (χ1v) is 10.9. The molecule has 0 bridgehead atoms. The largest absolute Gasteiger partial charge is 0.271 e. The minimum Gasteiger partial charge on any atom is -0.271 e. The number of nitrogens with zero attached hydrogens (tertiary/aromatic N) is 2. The van der Waals surface area contributed by atoms with Gasteiger partial charge in [-0.25, -0.2) is 13.8 Å². The first kappa shape index (κ1) is 21.5. The van der Waals surface area contributed by atoms with Gasteiger partial charge in [0.15, 0.2) is 0 Å². The minimum absolute atomic E-state index is 0.0341. The fourth-order valence-electron chi connectivity index (χ4n) is 2.74. The predicted molar refractivity (Wildman–Crippen MR) is 119 cm³/mol. The van der Waals surface area contributed by atoms with E-state index in [0.717, 1.165) is 15.4 Å². The van der Waals surface area contributed by atoms with Crippen molar-refractivity contribution < 1.29 is 13.2 Å². The molecule has 8 heteroatoms. The van der Waals surface area contributed by atoms with Crippen molar-refractivity contribution in [2.45, 2.75) is 11.8 Å². The maximum absolute atomic E-state index is 13.2. The van der Waals surface area contributed by atoms with Crippen molar-refractivity contribution in [1.82, 2.24) is 5.43 Å². The third kappa shape index (κ3) is 5.46. The first-order valence-electron chi connectivity index (χ1n) is 9.08. The molecule has 1 N–H and O–H groups in total. The molecule has 0 saturated heterocycles. The van der Waals surface area contributed by atoms with Gasteiger partial charge in [-0.2, -0.15) is 5.10 Å². The number of benzene rings is 3. The van der Waals surface area contributed by atoms with Gasteiger partial charge in [0.05, 0.1) is 16.8 Å². The molecular formula is C22H20ClN3O3S. The summed E-state index contributed by atoms with van der Waals surface area (Å²) in [7, 11) is -3.99. The lowest BCUT2D eigenvalue weighted by Crippen LogP contribution is -2.39. The number of nitrogens with one attached hydrogen (secondary N) is 1. The smallest absolute Gasteiger partial charge is 0.264 e. The van der Waals surface area contributed by atoms with Crippen LogP contribution in [0.15, 0.2) is 88.9 Å². The quantitative estimate of drug-likeness (QED) is 0.444. The van der Waals surface area contributed by atoms with Crippen LogP contribution in [0.2, 0.25) is 5.02 Å². The first-order chi connectivity index (χ1) is 14.4. The van der Waals surface area contributed by atoms with Crippen LogP contribution in [-0.2, 0) is 14.8 Å². The summed E-state index contributed by atoms with van der Waals surface area (Å²) >= 11 is 5.87. The highest BCUT2D eigenvalue weighted by atomic mass is 35.5. The summed E-state index contributed by atoms with van der Waals surface area (Å²) in [6.07, 6.45) is 1.51. The number of amides is 1. The number of carbonyl (C=O) groups excluding carboxylic acids is 1. The van der Waals surface area contributed by atoms with Crippen molar-refractivity contribution in [2.75, 3.05) is 10.8 Å². The summed E-state index contributed by atoms with van der Waals surface area (Å²) in [6, 6.07) is 21.8. The molecule has 0 saturated carbocycles. The van der Waals surface area contributed by atoms with Crippen LogP contribution in [0.1, 0.15) is 11.1 Å². The van der Waals surface area contributed by atoms with E-state index in [4.69, 9.17) is 11.6 Å². The zero-order chi connectivity index (χ0) is 21.6. The van der Waals surface area contributed by atoms with E-state index in [1.54, 1.807) is 30.3 Å². The number of halogens is 1. The molecule has 0 spiro atoms. The van der Waals surface area contributed by atoms with Crippen LogP contribution in [0, 0.1) is 6.92 Å². The van der Waals surface area contributed by atoms with Gasteiger partial charge in [-0.3, -0.25) is 9.10 Å². The van der Waals surface area contributed by atoms with Crippen molar-refractivity contribution >= 4 is 39.4 Å². The molecule has 3 aromatic carbocycles. The molecule has 0 atom stereocenters. The molecule has 1 amide bonds. The number of anilines is 1. The fourth-order valence-corrected chi connectivity index (χ4v) is 4.29. The van der Waals surface area contributed by atoms with Crippen LogP contribution >= 0.6 is 11.6 Å². The van der Waals surface area contributed by atoms with Crippen LogP contribution < -0.4 is 9.73 Å². The standard InChI is InChI=1S/C22H20ClN3O3S/c1-17-6-5-7-18(14-17)15-24-25-22(27)16-26(20-8-3-2-4-9-20)30(28,29)21-12-10-19(23)11-13-21/h2-15H,16H2,1H3,(H,25,27)/b24-15-. The maximum Gasteiger partial charge on any atom is 0.264 e. The highest BCUT2D eigenvalue weighted by molar-refractivity contribution is 7.92. The van der Waals surface area contributed by atoms with Crippen molar-refractivity contribution in [3.05, 3.63) is 95.0 Å². The lowest BCUT2D eigenvalue weighted by Gasteiger charge is -2.23. The van der Waals surface area contributed by atoms with E-state index in [2.05, 4.69) is 10.5 Å². The Kier molecular flexibility index (Phi) is 6.87. The molecule has 0 unspecified atom stereocenters. The minimum atomic E-state index is -3.99. The summed E-state index contributed by atoms with van der Waals surface area (Å²) in [6.45, 7) is 1.52. The van der Waals surface area contributed by atoms with Gasteiger partial charge >= 0.3 is 0 Å². The van der Waals surface area contributed by atoms with Gasteiger partial charge < -0.3 is 0 Å². The van der Waals surface area contributed by atoms with Gasteiger partial charge in [0.1, 0.15) is 6.54 Å². The van der Waals surface area contributed by atoms with Gasteiger partial charge in [0.25, 0.3) is 15.9 Å². The monoisotopic (exact) mass is 441 g/mol. The Morgan fingerprint density at radius 2 is 1.73 bits per heavy atom. The molecular weight excluding hydrogens is 422 g/mol. The van der Waals surface area contributed by atoms with E-state index >= 15 is 0 Å². The Morgan fingerprint density at radius 1 is 1.03 bits per heavy atom. The Labute approximate surface area is 180 Å². The summed E-state index contributed by atoms with van der Waals surface area (Å²) in [5.41, 5.74) is 4.64. The van der Waals surface area contributed by atoms with Crippen LogP contribution in [0.25, 0.3) is 0 Å². The number of hydrazone groups is 1. The third-order valence-electron chi connectivity index (χ3n) is 4.18. The number of hydrogen-bond donors (Lipinski definition) is 1. The number of rotatable bonds is 7. The van der Waals surface area contributed by atoms with E-state index in [1.165, 1.54) is 30.5 Å². The fraction of sp³-hybridized carbons (Fsp3) is 0.0909. The number of carbonyl (C=O) groups is 1. The molecule has 0 heterocycles. The lowest BCUT2D eigenvalue weighted by atomic mass is 10.2. The summed E-state index contributed by atoms with van der Waals surface area (Å²) in [4.78, 5) is 12.5. The molecule has 30 heavy (non-hydrogen) atoms. The second-order valence-electron chi connectivity index (χ2n) is 6.51. The topological polar surface area (TPSA) is 78.8 Å². The molecule has 0 aromatic heterocycles. The van der Waals surface area contributed by atoms with Crippen molar-refractivity contribution in [2.24, 2.45) is 5.10 Å². The van der Waals surface area contributed by atoms with Gasteiger partial charge in [-0.1, -0.05) is 59.6 Å². The maximum atomic E-state index is 13.2. The van der Waals surface area contributed by atoms with Crippen LogP contribution in [0.5, 0.6) is 0 Å². The van der Waals surface area contributed by atoms with Gasteiger partial charge in [0, 0.05) is 5.02 Å². The van der Waals surface area contributed by atoms with E-state index < -0.39 is 22.5 Å². The number of aryl methyl sites for hydroxylation is 1. The molecule has 0 aliphatic rings. The molecule has 0 radical (unpaired) electrons. The molecule has 3 rings (SSSR count). The van der Waals surface area contributed by atoms with E-state index in [0.29, 0.717) is 10.7 Å². The molecule has 0 fully saturated rings. The van der Waals surface area contributed by atoms with Gasteiger partial charge in [-0.15, -0.1) is 0 Å². The third-order valence-corrected chi connectivity index (χ3v) is 6.22. The second-order valence-corrected chi connectivity index (χ2v) is 8.81. The van der Waals surface area contributed by atoms with Crippen molar-refractivity contribution in [3.8, 4) is 0 Å². The average molecular weight is 442 g/mol. The average Bonchev–Trinajstić information content (AvgIpc) is 2.73. The van der Waals surface area contributed by atoms with Gasteiger partial charge in [-0.05, 0) is 48.9 Å². The van der Waals surface area contributed by atoms with Crippen LogP contribution in [0.4, 0.5) is 5.69 Å². The molecule has 0 aliphatic heterocycles. The second kappa shape index (κ2) is 9.56. The highest BCUT2D eigenvalue weighted by Crippen LogP contribution is 2.24. The normalized spacial score (nSPS) is 11.4. The van der Waals surface area contributed by atoms with Crippen LogP contribution in [-0.4, -0.2) is 27.1 Å². The summed E-state index contributed by atoms with van der Waals surface area (Å²) in [5, 5.41) is 4.35. The Balaban J connectivity index is 1.81. The molecule has 6 nitrogen and oxygen atoms in total. The molecule has 0 aliphatic carbocycles. The molecule has 3 aromatic rings. The SMILES string of the molecule is Cc1cccc(/C=N\NC(=O)CN(c2ccccc2)S(=O)(=O)c2ccc(Cl)cc2)c1. The van der Waals surface area contributed by atoms with Crippen LogP contribution in [0.3, 0.4) is 0 Å². The molecule has 154 valence electrons. The summed E-state index contributed by atoms with van der Waals surface area (Å²) in [5.74, 6) is -0.569. The lowest BCUT2D eigenvalue weighted by molar-refractivity contribution is -0.119. The predicted octanol–water partition coefficient (Wildman–Crippen LogP) is 3.99. The Hall–Kier alpha value is -3.16. The Morgan fingerprint density at radius 3 is 2.40 bits per heavy atom. The summed E-state index contributed by atoms with van der Waals surface area (Å²) < 4.78 is 27.4. The zero-order valence-corrected chi connectivity index (χ0v) is 17.8. The van der Waals surface area contributed by atoms with E-state index in [1.807, 2.05) is 31.2 Å².